The first-order valence-electron chi connectivity index (χ1n) is 9.32. The van der Waals surface area contributed by atoms with E-state index in [9.17, 15) is 4.79 Å². The first-order chi connectivity index (χ1) is 13.8. The number of nitrogens with one attached hydrogen (secondary N) is 1. The van der Waals surface area contributed by atoms with Gasteiger partial charge in [-0.15, -0.1) is 11.3 Å². The van der Waals surface area contributed by atoms with Gasteiger partial charge in [0.1, 0.15) is 0 Å². The van der Waals surface area contributed by atoms with E-state index in [1.54, 1.807) is 11.3 Å². The van der Waals surface area contributed by atoms with E-state index < -0.39 is 0 Å². The van der Waals surface area contributed by atoms with Gasteiger partial charge >= 0.3 is 0 Å². The summed E-state index contributed by atoms with van der Waals surface area (Å²) in [6.07, 6.45) is 0.733. The number of rotatable bonds is 7. The Kier molecular flexibility index (Phi) is 6.41. The van der Waals surface area contributed by atoms with E-state index in [0.717, 1.165) is 35.8 Å². The van der Waals surface area contributed by atoms with Crippen LogP contribution in [-0.2, 0) is 17.8 Å². The second-order valence-electron chi connectivity index (χ2n) is 6.58. The molecule has 0 unspecified atom stereocenters. The predicted molar refractivity (Wildman–Crippen MR) is 114 cm³/mol. The highest BCUT2D eigenvalue weighted by molar-refractivity contribution is 7.99. The Hall–Kier alpha value is -2.16. The predicted octanol–water partition coefficient (Wildman–Crippen LogP) is 3.92. The number of thioether (sulfide) groups is 1. The number of carbonyl (C=O) groups is 1. The van der Waals surface area contributed by atoms with Crippen LogP contribution in [-0.4, -0.2) is 45.5 Å². The van der Waals surface area contributed by atoms with Crippen LogP contribution in [0.2, 0.25) is 0 Å². The van der Waals surface area contributed by atoms with Crippen LogP contribution >= 0.6 is 23.1 Å². The van der Waals surface area contributed by atoms with Gasteiger partial charge in [-0.1, -0.05) is 29.4 Å². The fraction of sp³-hybridized carbons (Fsp3) is 0.350. The van der Waals surface area contributed by atoms with Gasteiger partial charge in [0.05, 0.1) is 4.88 Å². The summed E-state index contributed by atoms with van der Waals surface area (Å²) in [6, 6.07) is 11.9. The average Bonchev–Trinajstić information content (AvgIpc) is 3.40. The molecule has 6 nitrogen and oxygen atoms in total. The number of hydrogen-bond donors (Lipinski definition) is 1. The van der Waals surface area contributed by atoms with Gasteiger partial charge < -0.3 is 9.84 Å². The van der Waals surface area contributed by atoms with Crippen molar-refractivity contribution in [1.82, 2.24) is 15.0 Å². The van der Waals surface area contributed by atoms with E-state index in [2.05, 4.69) is 26.4 Å². The molecule has 1 aliphatic heterocycles. The number of benzene rings is 1. The smallest absolute Gasteiger partial charge is 0.227 e. The second-order valence-corrected chi connectivity index (χ2v) is 8.76. The Labute approximate surface area is 172 Å². The molecule has 28 heavy (non-hydrogen) atoms. The molecule has 0 aliphatic carbocycles. The van der Waals surface area contributed by atoms with Gasteiger partial charge in [0, 0.05) is 49.7 Å². The number of aryl methyl sites for hydroxylation is 1. The van der Waals surface area contributed by atoms with Gasteiger partial charge in [-0.05, 0) is 23.1 Å². The number of aromatic nitrogens is 2. The summed E-state index contributed by atoms with van der Waals surface area (Å²) in [5.74, 6) is 3.36. The molecular weight excluding hydrogens is 392 g/mol. The standard InChI is InChI=1S/C20H22N4O2S2/c25-18(7-8-19-22-20(23-26-19)17-6-3-11-28-17)21-16-5-2-1-4-15(16)14-24-9-12-27-13-10-24/h1-6,11H,7-10,12-14H2,(H,21,25). The van der Waals surface area contributed by atoms with Crippen molar-refractivity contribution in [2.45, 2.75) is 19.4 Å². The van der Waals surface area contributed by atoms with Crippen molar-refractivity contribution in [3.8, 4) is 10.7 Å². The highest BCUT2D eigenvalue weighted by atomic mass is 32.2. The lowest BCUT2D eigenvalue weighted by molar-refractivity contribution is -0.116. The van der Waals surface area contributed by atoms with E-state index in [1.165, 1.54) is 11.5 Å². The van der Waals surface area contributed by atoms with Crippen molar-refractivity contribution < 1.29 is 9.32 Å². The topological polar surface area (TPSA) is 71.3 Å². The summed E-state index contributed by atoms with van der Waals surface area (Å²) in [4.78, 5) is 20.2. The molecule has 1 aliphatic rings. The van der Waals surface area contributed by atoms with E-state index in [-0.39, 0.29) is 5.91 Å². The fourth-order valence-corrected chi connectivity index (χ4v) is 4.70. The van der Waals surface area contributed by atoms with Gasteiger partial charge in [-0.2, -0.15) is 16.7 Å². The zero-order valence-corrected chi connectivity index (χ0v) is 17.1. The second kappa shape index (κ2) is 9.36. The zero-order chi connectivity index (χ0) is 19.2. The number of hydrogen-bond acceptors (Lipinski definition) is 7. The van der Waals surface area contributed by atoms with Gasteiger partial charge in [0.15, 0.2) is 0 Å². The summed E-state index contributed by atoms with van der Waals surface area (Å²) < 4.78 is 5.27. The van der Waals surface area contributed by atoms with Crippen LogP contribution in [0, 0.1) is 0 Å². The minimum absolute atomic E-state index is 0.0440. The fourth-order valence-electron chi connectivity index (χ4n) is 3.08. The van der Waals surface area contributed by atoms with Crippen molar-refractivity contribution in [3.63, 3.8) is 0 Å². The molecule has 1 fully saturated rings. The van der Waals surface area contributed by atoms with Crippen molar-refractivity contribution in [1.29, 1.82) is 0 Å². The molecule has 3 aromatic rings. The summed E-state index contributed by atoms with van der Waals surface area (Å²) in [5, 5.41) is 9.00. The van der Waals surface area contributed by atoms with E-state index in [0.29, 0.717) is 24.6 Å². The van der Waals surface area contributed by atoms with Crippen molar-refractivity contribution in [3.05, 3.63) is 53.2 Å². The molecule has 0 saturated carbocycles. The van der Waals surface area contributed by atoms with Gasteiger partial charge in [0.2, 0.25) is 17.6 Å². The number of nitrogens with zero attached hydrogens (tertiary/aromatic N) is 3. The van der Waals surface area contributed by atoms with Crippen LogP contribution in [0.5, 0.6) is 0 Å². The molecule has 0 atom stereocenters. The van der Waals surface area contributed by atoms with Crippen LogP contribution < -0.4 is 5.32 Å². The molecule has 3 heterocycles. The van der Waals surface area contributed by atoms with Crippen LogP contribution in [0.4, 0.5) is 5.69 Å². The average molecular weight is 415 g/mol. The van der Waals surface area contributed by atoms with Gasteiger partial charge in [-0.3, -0.25) is 9.69 Å². The molecule has 0 bridgehead atoms. The van der Waals surface area contributed by atoms with Crippen molar-refractivity contribution in [2.75, 3.05) is 29.9 Å². The molecule has 1 N–H and O–H groups in total. The maximum Gasteiger partial charge on any atom is 0.227 e. The number of carbonyl (C=O) groups excluding carboxylic acids is 1. The summed E-state index contributed by atoms with van der Waals surface area (Å²) in [7, 11) is 0. The lowest BCUT2D eigenvalue weighted by Gasteiger charge is -2.27. The quantitative estimate of drug-likeness (QED) is 0.632. The maximum absolute atomic E-state index is 12.4. The van der Waals surface area contributed by atoms with Gasteiger partial charge in [-0.25, -0.2) is 0 Å². The molecule has 1 saturated heterocycles. The van der Waals surface area contributed by atoms with Crippen LogP contribution in [0.15, 0.2) is 46.3 Å². The van der Waals surface area contributed by atoms with Crippen molar-refractivity contribution >= 4 is 34.7 Å². The zero-order valence-electron chi connectivity index (χ0n) is 15.5. The van der Waals surface area contributed by atoms with Crippen LogP contribution in [0.3, 0.4) is 0 Å². The highest BCUT2D eigenvalue weighted by Crippen LogP contribution is 2.22. The maximum atomic E-state index is 12.4. The Morgan fingerprint density at radius 3 is 2.86 bits per heavy atom. The molecule has 0 spiro atoms. The molecule has 1 aromatic carbocycles. The molecule has 1 amide bonds. The van der Waals surface area contributed by atoms with Crippen LogP contribution in [0.25, 0.3) is 10.7 Å². The number of thiophene rings is 1. The Balaban J connectivity index is 1.32. The summed E-state index contributed by atoms with van der Waals surface area (Å²) >= 11 is 3.56. The minimum Gasteiger partial charge on any atom is -0.339 e. The number of amides is 1. The lowest BCUT2D eigenvalue weighted by atomic mass is 10.1. The van der Waals surface area contributed by atoms with E-state index >= 15 is 0 Å². The first-order valence-corrected chi connectivity index (χ1v) is 11.4. The number of para-hydroxylation sites is 1. The molecule has 4 rings (SSSR count). The molecule has 146 valence electrons. The van der Waals surface area contributed by atoms with Crippen LogP contribution in [0.1, 0.15) is 17.9 Å². The molecule has 0 radical (unpaired) electrons. The molecule has 2 aromatic heterocycles. The lowest BCUT2D eigenvalue weighted by Crippen LogP contribution is -2.32. The summed E-state index contributed by atoms with van der Waals surface area (Å²) in [5.41, 5.74) is 2.04. The normalized spacial score (nSPS) is 14.9. The van der Waals surface area contributed by atoms with E-state index in [4.69, 9.17) is 4.52 Å². The molecular formula is C20H22N4O2S2. The third kappa shape index (κ3) is 5.01. The first kappa shape index (κ1) is 19.2. The summed E-state index contributed by atoms with van der Waals surface area (Å²) in [6.45, 7) is 3.05. The SMILES string of the molecule is O=C(CCc1nc(-c2cccs2)no1)Nc1ccccc1CN1CCSCC1. The molecule has 8 heteroatoms. The Bertz CT molecular complexity index is 905. The highest BCUT2D eigenvalue weighted by Gasteiger charge is 2.15. The Morgan fingerprint density at radius 2 is 2.04 bits per heavy atom. The third-order valence-electron chi connectivity index (χ3n) is 4.56. The van der Waals surface area contributed by atoms with E-state index in [1.807, 2.05) is 47.5 Å². The third-order valence-corrected chi connectivity index (χ3v) is 6.37. The van der Waals surface area contributed by atoms with Crippen molar-refractivity contribution in [2.24, 2.45) is 0 Å². The monoisotopic (exact) mass is 414 g/mol. The van der Waals surface area contributed by atoms with Gasteiger partial charge in [0.25, 0.3) is 0 Å². The Morgan fingerprint density at radius 1 is 1.18 bits per heavy atom. The number of anilines is 1. The largest absolute Gasteiger partial charge is 0.339 e. The minimum atomic E-state index is -0.0440.